The summed E-state index contributed by atoms with van der Waals surface area (Å²) in [5.41, 5.74) is 3.21. The molecule has 3 rings (SSSR count). The molecule has 0 spiro atoms. The van der Waals surface area contributed by atoms with Crippen molar-refractivity contribution in [1.29, 1.82) is 0 Å². The monoisotopic (exact) mass is 264 g/mol. The molecular formula is C16H16N4. The van der Waals surface area contributed by atoms with E-state index in [0.717, 1.165) is 17.1 Å². The first-order chi connectivity index (χ1) is 9.75. The van der Waals surface area contributed by atoms with Gasteiger partial charge in [-0.05, 0) is 37.6 Å². The first-order valence-corrected chi connectivity index (χ1v) is 6.61. The van der Waals surface area contributed by atoms with Crippen LogP contribution in [0.5, 0.6) is 0 Å². The normalized spacial score (nSPS) is 12.3. The summed E-state index contributed by atoms with van der Waals surface area (Å²) in [6, 6.07) is 8.27. The first kappa shape index (κ1) is 12.5. The number of hydrogen-bond donors (Lipinski definition) is 0. The second kappa shape index (κ2) is 5.25. The van der Waals surface area contributed by atoms with Crippen LogP contribution in [0.4, 0.5) is 0 Å². The molecule has 3 aromatic rings. The van der Waals surface area contributed by atoms with Gasteiger partial charge in [0.1, 0.15) is 5.82 Å². The zero-order chi connectivity index (χ0) is 13.9. The second-order valence-electron chi connectivity index (χ2n) is 4.81. The van der Waals surface area contributed by atoms with Crippen molar-refractivity contribution < 1.29 is 0 Å². The number of hydrogen-bond acceptors (Lipinski definition) is 3. The summed E-state index contributed by atoms with van der Waals surface area (Å²) >= 11 is 0. The molecule has 0 amide bonds. The van der Waals surface area contributed by atoms with Gasteiger partial charge >= 0.3 is 0 Å². The van der Waals surface area contributed by atoms with Gasteiger partial charge in [0.2, 0.25) is 0 Å². The molecule has 0 aliphatic carbocycles. The Morgan fingerprint density at radius 2 is 1.95 bits per heavy atom. The van der Waals surface area contributed by atoms with E-state index >= 15 is 0 Å². The van der Waals surface area contributed by atoms with Gasteiger partial charge in [-0.3, -0.25) is 9.97 Å². The quantitative estimate of drug-likeness (QED) is 0.729. The lowest BCUT2D eigenvalue weighted by atomic mass is 10.1. The fourth-order valence-electron chi connectivity index (χ4n) is 2.23. The van der Waals surface area contributed by atoms with E-state index in [0.29, 0.717) is 0 Å². The van der Waals surface area contributed by atoms with E-state index in [1.54, 1.807) is 6.20 Å². The van der Waals surface area contributed by atoms with E-state index in [9.17, 15) is 0 Å². The highest BCUT2D eigenvalue weighted by molar-refractivity contribution is 5.54. The molecule has 1 unspecified atom stereocenters. The summed E-state index contributed by atoms with van der Waals surface area (Å²) in [5, 5.41) is 0. The molecule has 4 nitrogen and oxygen atoms in total. The second-order valence-corrected chi connectivity index (χ2v) is 4.81. The van der Waals surface area contributed by atoms with Crippen LogP contribution in [-0.4, -0.2) is 19.5 Å². The number of rotatable bonds is 3. The molecule has 0 saturated heterocycles. The predicted molar refractivity (Wildman–Crippen MR) is 78.2 cm³/mol. The molecule has 0 aliphatic rings. The lowest BCUT2D eigenvalue weighted by Crippen LogP contribution is -2.08. The van der Waals surface area contributed by atoms with E-state index in [-0.39, 0.29) is 6.04 Å². The number of imidazole rings is 1. The minimum absolute atomic E-state index is 0.181. The molecule has 0 fully saturated rings. The summed E-state index contributed by atoms with van der Waals surface area (Å²) in [6.45, 7) is 4.14. The smallest absolute Gasteiger partial charge is 0.142 e. The molecule has 100 valence electrons. The van der Waals surface area contributed by atoms with Crippen molar-refractivity contribution in [3.05, 3.63) is 66.5 Å². The minimum atomic E-state index is 0.181. The predicted octanol–water partition coefficient (Wildman–Crippen LogP) is 3.26. The van der Waals surface area contributed by atoms with Crippen molar-refractivity contribution in [2.45, 2.75) is 19.9 Å². The maximum Gasteiger partial charge on any atom is 0.142 e. The molecule has 3 heterocycles. The third kappa shape index (κ3) is 2.32. The number of nitrogens with zero attached hydrogens (tertiary/aromatic N) is 4. The zero-order valence-electron chi connectivity index (χ0n) is 11.6. The van der Waals surface area contributed by atoms with Gasteiger partial charge in [-0.2, -0.15) is 0 Å². The Morgan fingerprint density at radius 3 is 2.65 bits per heavy atom. The average molecular weight is 264 g/mol. The van der Waals surface area contributed by atoms with Crippen LogP contribution < -0.4 is 0 Å². The van der Waals surface area contributed by atoms with Crippen LogP contribution in [0.3, 0.4) is 0 Å². The van der Waals surface area contributed by atoms with E-state index in [1.165, 1.54) is 5.56 Å². The van der Waals surface area contributed by atoms with Crippen molar-refractivity contribution in [1.82, 2.24) is 19.5 Å². The Kier molecular flexibility index (Phi) is 3.29. The summed E-state index contributed by atoms with van der Waals surface area (Å²) in [7, 11) is 0. The fourth-order valence-corrected chi connectivity index (χ4v) is 2.23. The van der Waals surface area contributed by atoms with Gasteiger partial charge in [-0.25, -0.2) is 4.98 Å². The van der Waals surface area contributed by atoms with Gasteiger partial charge in [-0.15, -0.1) is 0 Å². The van der Waals surface area contributed by atoms with Gasteiger partial charge < -0.3 is 4.57 Å². The molecule has 0 N–H and O–H groups in total. The standard InChI is InChI=1S/C16H16N4/c1-12-5-6-14(11-19-12)13(2)20-9-8-18-16(20)15-4-3-7-17-10-15/h3-11,13H,1-2H3. The third-order valence-corrected chi connectivity index (χ3v) is 3.42. The lowest BCUT2D eigenvalue weighted by molar-refractivity contribution is 0.642. The van der Waals surface area contributed by atoms with Crippen LogP contribution in [0.15, 0.2) is 55.2 Å². The molecule has 20 heavy (non-hydrogen) atoms. The maximum atomic E-state index is 4.45. The Labute approximate surface area is 118 Å². The van der Waals surface area contributed by atoms with Gasteiger partial charge in [0.05, 0.1) is 6.04 Å². The average Bonchev–Trinajstić information content (AvgIpc) is 2.97. The van der Waals surface area contributed by atoms with Crippen LogP contribution in [-0.2, 0) is 0 Å². The summed E-state index contributed by atoms with van der Waals surface area (Å²) in [4.78, 5) is 13.0. The van der Waals surface area contributed by atoms with Gasteiger partial charge in [0, 0.05) is 42.2 Å². The highest BCUT2D eigenvalue weighted by Gasteiger charge is 2.13. The van der Waals surface area contributed by atoms with Crippen LogP contribution >= 0.6 is 0 Å². The first-order valence-electron chi connectivity index (χ1n) is 6.61. The van der Waals surface area contributed by atoms with Crippen LogP contribution in [0.25, 0.3) is 11.4 Å². The molecule has 1 atom stereocenters. The lowest BCUT2D eigenvalue weighted by Gasteiger charge is -2.16. The van der Waals surface area contributed by atoms with Crippen molar-refractivity contribution >= 4 is 0 Å². The minimum Gasteiger partial charge on any atom is -0.324 e. The highest BCUT2D eigenvalue weighted by atomic mass is 15.1. The molecular weight excluding hydrogens is 248 g/mol. The molecule has 0 radical (unpaired) electrons. The zero-order valence-corrected chi connectivity index (χ0v) is 11.6. The number of aromatic nitrogens is 4. The van der Waals surface area contributed by atoms with E-state index in [2.05, 4.69) is 32.5 Å². The van der Waals surface area contributed by atoms with E-state index in [4.69, 9.17) is 0 Å². The molecule has 0 aliphatic heterocycles. The van der Waals surface area contributed by atoms with E-state index in [1.807, 2.05) is 49.9 Å². The van der Waals surface area contributed by atoms with Crippen LogP contribution in [0.2, 0.25) is 0 Å². The SMILES string of the molecule is Cc1ccc(C(C)n2ccnc2-c2cccnc2)cn1. The third-order valence-electron chi connectivity index (χ3n) is 3.42. The fraction of sp³-hybridized carbons (Fsp3) is 0.188. The summed E-state index contributed by atoms with van der Waals surface area (Å²) in [5.74, 6) is 0.922. The Bertz CT molecular complexity index is 686. The van der Waals surface area contributed by atoms with Crippen molar-refractivity contribution in [2.24, 2.45) is 0 Å². The molecule has 0 bridgehead atoms. The van der Waals surface area contributed by atoms with Crippen LogP contribution in [0.1, 0.15) is 24.2 Å². The molecule has 4 heteroatoms. The summed E-state index contributed by atoms with van der Waals surface area (Å²) < 4.78 is 2.14. The van der Waals surface area contributed by atoms with Crippen molar-refractivity contribution in [2.75, 3.05) is 0 Å². The number of aryl methyl sites for hydroxylation is 1. The molecule has 3 aromatic heterocycles. The molecule has 0 aromatic carbocycles. The van der Waals surface area contributed by atoms with Crippen molar-refractivity contribution in [3.8, 4) is 11.4 Å². The Balaban J connectivity index is 1.99. The van der Waals surface area contributed by atoms with E-state index < -0.39 is 0 Å². The highest BCUT2D eigenvalue weighted by Crippen LogP contribution is 2.24. The Hall–Kier alpha value is -2.49. The topological polar surface area (TPSA) is 43.6 Å². The molecule has 0 saturated carbocycles. The maximum absolute atomic E-state index is 4.45. The van der Waals surface area contributed by atoms with Gasteiger partial charge in [0.15, 0.2) is 0 Å². The largest absolute Gasteiger partial charge is 0.324 e. The van der Waals surface area contributed by atoms with Crippen LogP contribution in [0, 0.1) is 6.92 Å². The van der Waals surface area contributed by atoms with Crippen molar-refractivity contribution in [3.63, 3.8) is 0 Å². The van der Waals surface area contributed by atoms with Gasteiger partial charge in [0.25, 0.3) is 0 Å². The van der Waals surface area contributed by atoms with Gasteiger partial charge in [-0.1, -0.05) is 6.07 Å². The Morgan fingerprint density at radius 1 is 1.05 bits per heavy atom. The number of pyridine rings is 2. The summed E-state index contributed by atoms with van der Waals surface area (Å²) in [6.07, 6.45) is 9.34.